The van der Waals surface area contributed by atoms with Crippen LogP contribution in [0, 0.1) is 5.82 Å². The molecule has 0 heterocycles. The van der Waals surface area contributed by atoms with Gasteiger partial charge in [0.1, 0.15) is 5.82 Å². The summed E-state index contributed by atoms with van der Waals surface area (Å²) < 4.78 is 13.3. The Morgan fingerprint density at radius 1 is 1.07 bits per heavy atom. The molecular formula is C11H8FNO. The van der Waals surface area contributed by atoms with Gasteiger partial charge in [-0.1, -0.05) is 29.4 Å². The molecule has 2 aromatic carbocycles. The summed E-state index contributed by atoms with van der Waals surface area (Å²) in [6.45, 7) is 0. The van der Waals surface area contributed by atoms with Crippen LogP contribution < -0.4 is 0 Å². The molecule has 0 aliphatic carbocycles. The fraction of sp³-hybridized carbons (Fsp3) is 0. The first-order valence-electron chi connectivity index (χ1n) is 4.17. The first-order chi connectivity index (χ1) is 6.83. The van der Waals surface area contributed by atoms with Crippen LogP contribution >= 0.6 is 0 Å². The largest absolute Gasteiger partial charge is 0.411 e. The van der Waals surface area contributed by atoms with Crippen LogP contribution in [-0.4, -0.2) is 11.4 Å². The van der Waals surface area contributed by atoms with Crippen molar-refractivity contribution in [1.29, 1.82) is 0 Å². The van der Waals surface area contributed by atoms with E-state index in [4.69, 9.17) is 5.21 Å². The Morgan fingerprint density at radius 3 is 2.50 bits per heavy atom. The van der Waals surface area contributed by atoms with Crippen LogP contribution in [-0.2, 0) is 0 Å². The molecule has 70 valence electrons. The average molecular weight is 189 g/mol. The Balaban J connectivity index is 2.81. The van der Waals surface area contributed by atoms with Gasteiger partial charge in [-0.25, -0.2) is 4.39 Å². The summed E-state index contributed by atoms with van der Waals surface area (Å²) in [4.78, 5) is 0. The van der Waals surface area contributed by atoms with Gasteiger partial charge < -0.3 is 5.21 Å². The first-order valence-corrected chi connectivity index (χ1v) is 4.17. The quantitative estimate of drug-likeness (QED) is 0.417. The maximum Gasteiger partial charge on any atom is 0.131 e. The SMILES string of the molecule is O/N=C/c1ccc(F)c2ccccc12. The van der Waals surface area contributed by atoms with Crippen LogP contribution in [0.25, 0.3) is 10.8 Å². The fourth-order valence-electron chi connectivity index (χ4n) is 1.46. The normalized spacial score (nSPS) is 11.2. The van der Waals surface area contributed by atoms with E-state index in [0.29, 0.717) is 10.9 Å². The molecule has 0 aliphatic heterocycles. The van der Waals surface area contributed by atoms with Crippen molar-refractivity contribution in [2.45, 2.75) is 0 Å². The number of halogens is 1. The molecule has 0 amide bonds. The van der Waals surface area contributed by atoms with Crippen LogP contribution in [0.3, 0.4) is 0 Å². The number of rotatable bonds is 1. The number of oxime groups is 1. The van der Waals surface area contributed by atoms with Gasteiger partial charge in [-0.15, -0.1) is 0 Å². The summed E-state index contributed by atoms with van der Waals surface area (Å²) in [5, 5.41) is 12.6. The maximum atomic E-state index is 13.3. The second-order valence-electron chi connectivity index (χ2n) is 2.93. The summed E-state index contributed by atoms with van der Waals surface area (Å²) in [7, 11) is 0. The number of nitrogens with zero attached hydrogens (tertiary/aromatic N) is 1. The molecule has 14 heavy (non-hydrogen) atoms. The van der Waals surface area contributed by atoms with Crippen LogP contribution in [0.4, 0.5) is 4.39 Å². The summed E-state index contributed by atoms with van der Waals surface area (Å²) in [6, 6.07) is 10.0. The van der Waals surface area contributed by atoms with Crippen LogP contribution in [0.1, 0.15) is 5.56 Å². The summed E-state index contributed by atoms with van der Waals surface area (Å²) in [6.07, 6.45) is 1.29. The van der Waals surface area contributed by atoms with Gasteiger partial charge >= 0.3 is 0 Å². The molecule has 0 aliphatic rings. The number of hydrogen-bond donors (Lipinski definition) is 1. The molecule has 0 saturated heterocycles. The van der Waals surface area contributed by atoms with Crippen LogP contribution in [0.2, 0.25) is 0 Å². The van der Waals surface area contributed by atoms with E-state index in [1.165, 1.54) is 12.3 Å². The van der Waals surface area contributed by atoms with Crippen molar-refractivity contribution < 1.29 is 9.60 Å². The van der Waals surface area contributed by atoms with Crippen molar-refractivity contribution in [2.75, 3.05) is 0 Å². The second kappa shape index (κ2) is 3.46. The van der Waals surface area contributed by atoms with Gasteiger partial charge in [-0.2, -0.15) is 0 Å². The van der Waals surface area contributed by atoms with Gasteiger partial charge in [-0.05, 0) is 17.5 Å². The molecule has 0 radical (unpaired) electrons. The lowest BCUT2D eigenvalue weighted by atomic mass is 10.1. The van der Waals surface area contributed by atoms with E-state index in [9.17, 15) is 4.39 Å². The van der Waals surface area contributed by atoms with Gasteiger partial charge in [0.15, 0.2) is 0 Å². The molecule has 0 aromatic heterocycles. The predicted molar refractivity (Wildman–Crippen MR) is 53.3 cm³/mol. The Labute approximate surface area is 80.3 Å². The average Bonchev–Trinajstić information content (AvgIpc) is 2.23. The smallest absolute Gasteiger partial charge is 0.131 e. The lowest BCUT2D eigenvalue weighted by molar-refractivity contribution is 0.322. The second-order valence-corrected chi connectivity index (χ2v) is 2.93. The minimum Gasteiger partial charge on any atom is -0.411 e. The fourth-order valence-corrected chi connectivity index (χ4v) is 1.46. The van der Waals surface area contributed by atoms with E-state index >= 15 is 0 Å². The van der Waals surface area contributed by atoms with Crippen molar-refractivity contribution in [1.82, 2.24) is 0 Å². The van der Waals surface area contributed by atoms with Crippen LogP contribution in [0.5, 0.6) is 0 Å². The zero-order valence-electron chi connectivity index (χ0n) is 7.31. The molecule has 0 atom stereocenters. The molecule has 0 unspecified atom stereocenters. The zero-order chi connectivity index (χ0) is 9.97. The van der Waals surface area contributed by atoms with E-state index < -0.39 is 0 Å². The maximum absolute atomic E-state index is 13.3. The highest BCUT2D eigenvalue weighted by Gasteiger charge is 2.02. The highest BCUT2D eigenvalue weighted by atomic mass is 19.1. The minimum atomic E-state index is -0.268. The van der Waals surface area contributed by atoms with E-state index in [1.807, 2.05) is 6.07 Å². The number of hydrogen-bond acceptors (Lipinski definition) is 2. The molecule has 0 fully saturated rings. The van der Waals surface area contributed by atoms with Gasteiger partial charge in [0.05, 0.1) is 6.21 Å². The van der Waals surface area contributed by atoms with Gasteiger partial charge in [0.25, 0.3) is 0 Å². The van der Waals surface area contributed by atoms with E-state index in [2.05, 4.69) is 5.16 Å². The molecule has 0 saturated carbocycles. The van der Waals surface area contributed by atoms with Crippen LogP contribution in [0.15, 0.2) is 41.6 Å². The van der Waals surface area contributed by atoms with Gasteiger partial charge in [0, 0.05) is 10.9 Å². The topological polar surface area (TPSA) is 32.6 Å². The highest BCUT2D eigenvalue weighted by molar-refractivity contribution is 5.99. The van der Waals surface area contributed by atoms with E-state index in [0.717, 1.165) is 5.39 Å². The molecule has 1 N–H and O–H groups in total. The third-order valence-electron chi connectivity index (χ3n) is 2.10. The van der Waals surface area contributed by atoms with E-state index in [1.54, 1.807) is 24.3 Å². The Hall–Kier alpha value is -1.90. The van der Waals surface area contributed by atoms with E-state index in [-0.39, 0.29) is 5.82 Å². The molecule has 2 aromatic rings. The molecule has 3 heteroatoms. The summed E-state index contributed by atoms with van der Waals surface area (Å²) in [5.74, 6) is -0.268. The highest BCUT2D eigenvalue weighted by Crippen LogP contribution is 2.20. The van der Waals surface area contributed by atoms with Crippen molar-refractivity contribution >= 4 is 17.0 Å². The van der Waals surface area contributed by atoms with Gasteiger partial charge in [0.2, 0.25) is 0 Å². The third-order valence-corrected chi connectivity index (χ3v) is 2.10. The zero-order valence-corrected chi connectivity index (χ0v) is 7.31. The molecule has 2 rings (SSSR count). The Morgan fingerprint density at radius 2 is 1.79 bits per heavy atom. The molecule has 2 nitrogen and oxygen atoms in total. The number of fused-ring (bicyclic) bond motifs is 1. The monoisotopic (exact) mass is 189 g/mol. The first kappa shape index (κ1) is 8.69. The predicted octanol–water partition coefficient (Wildman–Crippen LogP) is 2.79. The number of benzene rings is 2. The van der Waals surface area contributed by atoms with Crippen molar-refractivity contribution in [3.05, 3.63) is 47.8 Å². The van der Waals surface area contributed by atoms with Crippen molar-refractivity contribution in [2.24, 2.45) is 5.16 Å². The summed E-state index contributed by atoms with van der Waals surface area (Å²) in [5.41, 5.74) is 0.699. The lowest BCUT2D eigenvalue weighted by Gasteiger charge is -2.01. The molecule has 0 bridgehead atoms. The van der Waals surface area contributed by atoms with Gasteiger partial charge in [-0.3, -0.25) is 0 Å². The molecular weight excluding hydrogens is 181 g/mol. The van der Waals surface area contributed by atoms with Crippen molar-refractivity contribution in [3.8, 4) is 0 Å². The summed E-state index contributed by atoms with van der Waals surface area (Å²) >= 11 is 0. The Bertz CT molecular complexity index is 494. The Kier molecular flexibility index (Phi) is 2.14. The standard InChI is InChI=1S/C11H8FNO/c12-11-6-5-8(7-13-14)9-3-1-2-4-10(9)11/h1-7,14H/b13-7+. The molecule has 0 spiro atoms. The van der Waals surface area contributed by atoms with Crippen molar-refractivity contribution in [3.63, 3.8) is 0 Å². The lowest BCUT2D eigenvalue weighted by Crippen LogP contribution is -1.87. The minimum absolute atomic E-state index is 0.268. The third kappa shape index (κ3) is 1.33.